The van der Waals surface area contributed by atoms with E-state index in [9.17, 15) is 0 Å². The molecule has 2 heterocycles. The summed E-state index contributed by atoms with van der Waals surface area (Å²) in [6.07, 6.45) is 5.39. The molecule has 1 N–H and O–H groups in total. The Hall–Kier alpha value is -0.630. The lowest BCUT2D eigenvalue weighted by Gasteiger charge is -2.30. The van der Waals surface area contributed by atoms with Gasteiger partial charge in [0, 0.05) is 17.0 Å². The first-order valence-corrected chi connectivity index (χ1v) is 6.94. The van der Waals surface area contributed by atoms with Gasteiger partial charge in [-0.3, -0.25) is 0 Å². The van der Waals surface area contributed by atoms with E-state index in [4.69, 9.17) is 0 Å². The third-order valence-electron chi connectivity index (χ3n) is 3.50. The molecule has 1 aromatic carbocycles. The van der Waals surface area contributed by atoms with E-state index in [-0.39, 0.29) is 0 Å². The minimum atomic E-state index is 0.715. The number of nitrogens with one attached hydrogen (secondary N) is 1. The van der Waals surface area contributed by atoms with E-state index in [1.807, 2.05) is 0 Å². The fraction of sp³-hybridized carbons (Fsp3) is 0.538. The molecule has 2 aliphatic rings. The largest absolute Gasteiger partial charge is 0.381 e. The van der Waals surface area contributed by atoms with Gasteiger partial charge >= 0.3 is 0 Å². The van der Waals surface area contributed by atoms with Gasteiger partial charge in [0.05, 0.1) is 0 Å². The summed E-state index contributed by atoms with van der Waals surface area (Å²) in [5.41, 5.74) is 2.87. The maximum atomic E-state index is 3.72. The lowest BCUT2D eigenvalue weighted by Crippen LogP contribution is -2.33. The van der Waals surface area contributed by atoms with E-state index < -0.39 is 0 Å². The average Bonchev–Trinajstić information content (AvgIpc) is 2.82. The molecule has 1 nitrogen and oxygen atoms in total. The van der Waals surface area contributed by atoms with Crippen LogP contribution >= 0.6 is 11.8 Å². The Bertz CT molecular complexity index is 344. The van der Waals surface area contributed by atoms with Crippen LogP contribution in [-0.2, 0) is 6.42 Å². The fourth-order valence-corrected chi connectivity index (χ4v) is 4.07. The van der Waals surface area contributed by atoms with Gasteiger partial charge in [-0.2, -0.15) is 11.8 Å². The Morgan fingerprint density at radius 2 is 2.13 bits per heavy atom. The van der Waals surface area contributed by atoms with Crippen LogP contribution in [0.1, 0.15) is 24.8 Å². The molecule has 2 atom stereocenters. The molecular formula is C13H17NS. The molecule has 0 bridgehead atoms. The van der Waals surface area contributed by atoms with Gasteiger partial charge in [-0.05, 0) is 43.1 Å². The number of rotatable bonds is 1. The summed E-state index contributed by atoms with van der Waals surface area (Å²) >= 11 is 2.16. The zero-order chi connectivity index (χ0) is 10.1. The first kappa shape index (κ1) is 9.59. The summed E-state index contributed by atoms with van der Waals surface area (Å²) in [6.45, 7) is 0. The summed E-state index contributed by atoms with van der Waals surface area (Å²) < 4.78 is 0. The van der Waals surface area contributed by atoms with Crippen LogP contribution in [-0.4, -0.2) is 17.0 Å². The maximum absolute atomic E-state index is 3.72. The van der Waals surface area contributed by atoms with Crippen LogP contribution in [0.3, 0.4) is 0 Å². The number of aryl methyl sites for hydroxylation is 1. The number of benzene rings is 1. The van der Waals surface area contributed by atoms with E-state index >= 15 is 0 Å². The van der Waals surface area contributed by atoms with Crippen molar-refractivity contribution >= 4 is 17.4 Å². The van der Waals surface area contributed by atoms with Crippen LogP contribution in [0.5, 0.6) is 0 Å². The van der Waals surface area contributed by atoms with Crippen molar-refractivity contribution < 1.29 is 0 Å². The molecule has 0 aromatic heterocycles. The van der Waals surface area contributed by atoms with Crippen molar-refractivity contribution in [3.8, 4) is 0 Å². The van der Waals surface area contributed by atoms with Crippen LogP contribution in [0.4, 0.5) is 5.69 Å². The molecule has 0 saturated carbocycles. The highest BCUT2D eigenvalue weighted by atomic mass is 32.2. The summed E-state index contributed by atoms with van der Waals surface area (Å²) in [6, 6.07) is 9.47. The lowest BCUT2D eigenvalue weighted by molar-refractivity contribution is 0.587. The van der Waals surface area contributed by atoms with E-state index in [0.717, 1.165) is 5.25 Å². The monoisotopic (exact) mass is 219 g/mol. The van der Waals surface area contributed by atoms with E-state index in [2.05, 4.69) is 41.3 Å². The van der Waals surface area contributed by atoms with Gasteiger partial charge in [-0.25, -0.2) is 0 Å². The van der Waals surface area contributed by atoms with Crippen LogP contribution in [0, 0.1) is 0 Å². The van der Waals surface area contributed by atoms with Crippen molar-refractivity contribution in [2.75, 3.05) is 11.1 Å². The second-order valence-electron chi connectivity index (χ2n) is 4.50. The highest BCUT2D eigenvalue weighted by Crippen LogP contribution is 2.35. The molecule has 2 heteroatoms. The summed E-state index contributed by atoms with van der Waals surface area (Å²) in [4.78, 5) is 0. The first-order chi connectivity index (χ1) is 7.43. The number of thioether (sulfide) groups is 1. The number of hydrogen-bond donors (Lipinski definition) is 1. The molecule has 0 amide bonds. The number of para-hydroxylation sites is 1. The van der Waals surface area contributed by atoms with Crippen molar-refractivity contribution in [2.24, 2.45) is 0 Å². The standard InChI is InChI=1S/C13H17NS/c1-2-5-11-10(4-1)7-8-12(14-11)13-6-3-9-15-13/h1-2,4-5,12-14H,3,6-9H2. The van der Waals surface area contributed by atoms with Crippen LogP contribution in [0.15, 0.2) is 24.3 Å². The molecule has 0 spiro atoms. The van der Waals surface area contributed by atoms with Crippen LogP contribution in [0.2, 0.25) is 0 Å². The topological polar surface area (TPSA) is 12.0 Å². The molecule has 2 unspecified atom stereocenters. The zero-order valence-electron chi connectivity index (χ0n) is 8.91. The van der Waals surface area contributed by atoms with Crippen LogP contribution in [0.25, 0.3) is 0 Å². The van der Waals surface area contributed by atoms with Gasteiger partial charge in [-0.15, -0.1) is 0 Å². The molecule has 2 aliphatic heterocycles. The molecule has 0 aliphatic carbocycles. The molecule has 1 saturated heterocycles. The SMILES string of the molecule is c1ccc2c(c1)CCC(C1CCCS1)N2. The Morgan fingerprint density at radius 1 is 1.20 bits per heavy atom. The molecular weight excluding hydrogens is 202 g/mol. The van der Waals surface area contributed by atoms with Gasteiger partial charge in [0.15, 0.2) is 0 Å². The predicted octanol–water partition coefficient (Wildman–Crippen LogP) is 3.31. The second-order valence-corrected chi connectivity index (χ2v) is 5.85. The molecule has 0 radical (unpaired) electrons. The van der Waals surface area contributed by atoms with E-state index in [0.29, 0.717) is 6.04 Å². The normalized spacial score (nSPS) is 29.6. The maximum Gasteiger partial charge on any atom is 0.0383 e. The van der Waals surface area contributed by atoms with Crippen molar-refractivity contribution in [2.45, 2.75) is 37.0 Å². The molecule has 80 valence electrons. The van der Waals surface area contributed by atoms with Gasteiger partial charge in [0.25, 0.3) is 0 Å². The van der Waals surface area contributed by atoms with E-state index in [1.165, 1.54) is 42.7 Å². The summed E-state index contributed by atoms with van der Waals surface area (Å²) in [5.74, 6) is 1.37. The summed E-state index contributed by atoms with van der Waals surface area (Å²) in [5, 5.41) is 4.58. The minimum absolute atomic E-state index is 0.715. The minimum Gasteiger partial charge on any atom is -0.381 e. The average molecular weight is 219 g/mol. The van der Waals surface area contributed by atoms with Crippen molar-refractivity contribution in [1.82, 2.24) is 0 Å². The van der Waals surface area contributed by atoms with Gasteiger partial charge in [0.1, 0.15) is 0 Å². The third-order valence-corrected chi connectivity index (χ3v) is 5.01. The second kappa shape index (κ2) is 4.09. The Labute approximate surface area is 95.6 Å². The van der Waals surface area contributed by atoms with E-state index in [1.54, 1.807) is 0 Å². The number of anilines is 1. The van der Waals surface area contributed by atoms with Crippen molar-refractivity contribution in [1.29, 1.82) is 0 Å². The molecule has 15 heavy (non-hydrogen) atoms. The highest BCUT2D eigenvalue weighted by molar-refractivity contribution is 8.00. The highest BCUT2D eigenvalue weighted by Gasteiger charge is 2.28. The Morgan fingerprint density at radius 3 is 3.00 bits per heavy atom. The Kier molecular flexibility index (Phi) is 2.61. The summed E-state index contributed by atoms with van der Waals surface area (Å²) in [7, 11) is 0. The first-order valence-electron chi connectivity index (χ1n) is 5.89. The quantitative estimate of drug-likeness (QED) is 0.777. The number of hydrogen-bond acceptors (Lipinski definition) is 2. The van der Waals surface area contributed by atoms with Crippen LogP contribution < -0.4 is 5.32 Å². The fourth-order valence-electron chi connectivity index (χ4n) is 2.66. The zero-order valence-corrected chi connectivity index (χ0v) is 9.72. The Balaban J connectivity index is 1.76. The van der Waals surface area contributed by atoms with Crippen molar-refractivity contribution in [3.63, 3.8) is 0 Å². The van der Waals surface area contributed by atoms with Gasteiger partial charge in [-0.1, -0.05) is 18.2 Å². The predicted molar refractivity (Wildman–Crippen MR) is 67.7 cm³/mol. The molecule has 1 aromatic rings. The molecule has 3 rings (SSSR count). The molecule has 1 fully saturated rings. The van der Waals surface area contributed by atoms with Gasteiger partial charge < -0.3 is 5.32 Å². The third kappa shape index (κ3) is 1.87. The van der Waals surface area contributed by atoms with Crippen molar-refractivity contribution in [3.05, 3.63) is 29.8 Å². The van der Waals surface area contributed by atoms with Gasteiger partial charge in [0.2, 0.25) is 0 Å². The lowest BCUT2D eigenvalue weighted by atomic mass is 9.95. The number of fused-ring (bicyclic) bond motifs is 1. The smallest absolute Gasteiger partial charge is 0.0383 e.